The summed E-state index contributed by atoms with van der Waals surface area (Å²) in [5.41, 5.74) is 12.7. The van der Waals surface area contributed by atoms with Gasteiger partial charge >= 0.3 is 12.2 Å². The molecule has 0 spiro atoms. The lowest BCUT2D eigenvalue weighted by atomic mass is 9.92. The zero-order chi connectivity index (χ0) is 35.0. The average Bonchev–Trinajstić information content (AvgIpc) is 3.64. The number of nitrogens with one attached hydrogen (secondary N) is 3. The van der Waals surface area contributed by atoms with Gasteiger partial charge in [-0.05, 0) is 62.3 Å². The zero-order valence-electron chi connectivity index (χ0n) is 28.1. The molecule has 2 aliphatic rings. The van der Waals surface area contributed by atoms with Crippen molar-refractivity contribution in [3.05, 3.63) is 95.3 Å². The van der Waals surface area contributed by atoms with Gasteiger partial charge in [0.2, 0.25) is 0 Å². The Balaban J connectivity index is 1.12. The smallest absolute Gasteiger partial charge is 0.427 e. The number of aromatic nitrogens is 2. The fourth-order valence-corrected chi connectivity index (χ4v) is 6.59. The molecule has 3 amide bonds. The molecule has 0 bridgehead atoms. The summed E-state index contributed by atoms with van der Waals surface area (Å²) in [6, 6.07) is 21.6. The molecule has 2 saturated heterocycles. The highest BCUT2D eigenvalue weighted by Gasteiger charge is 2.46. The van der Waals surface area contributed by atoms with Crippen LogP contribution in [0.2, 0.25) is 0 Å². The Morgan fingerprint density at radius 1 is 1.08 bits per heavy atom. The lowest BCUT2D eigenvalue weighted by Crippen LogP contribution is -2.57. The second kappa shape index (κ2) is 16.0. The van der Waals surface area contributed by atoms with Crippen LogP contribution in [0.3, 0.4) is 0 Å². The number of piperidine rings is 1. The number of carbonyl (C=O) groups is 3. The minimum atomic E-state index is -0.868. The standard InChI is InChI=1S/C37H43N7O6/c1-2-48-20-6-9-33-40-30-17-16-29(23-31(30)41-33)49-36(46)42-43-19-18-28(22-27(43)15-12-24-10-13-26(14-11-24)34(38)39)44-35(45)32(50-37(44)47)21-25-7-4-3-5-8-25/h3-5,7-8,10-11,13-14,16-17,23,27-28,32H,2,6,9,12,15,18-22H2,1H3,(H3,38,39)(H,40,41)(H,42,46). The van der Waals surface area contributed by atoms with E-state index < -0.39 is 18.3 Å². The van der Waals surface area contributed by atoms with E-state index in [1.165, 1.54) is 4.90 Å². The first-order valence-corrected chi connectivity index (χ1v) is 17.1. The van der Waals surface area contributed by atoms with Crippen molar-refractivity contribution in [3.8, 4) is 5.75 Å². The minimum Gasteiger partial charge on any atom is -0.435 e. The number of hydrogen-bond donors (Lipinski definition) is 4. The highest BCUT2D eigenvalue weighted by Crippen LogP contribution is 2.29. The van der Waals surface area contributed by atoms with E-state index in [0.29, 0.717) is 63.2 Å². The number of hydrogen-bond acceptors (Lipinski definition) is 9. The van der Waals surface area contributed by atoms with E-state index in [1.807, 2.05) is 60.5 Å². The molecule has 13 nitrogen and oxygen atoms in total. The molecule has 3 aromatic carbocycles. The second-order valence-corrected chi connectivity index (χ2v) is 12.6. The highest BCUT2D eigenvalue weighted by atomic mass is 16.6. The first-order chi connectivity index (χ1) is 24.3. The maximum absolute atomic E-state index is 13.5. The van der Waals surface area contributed by atoms with Crippen LogP contribution in [0.25, 0.3) is 11.0 Å². The molecule has 5 N–H and O–H groups in total. The monoisotopic (exact) mass is 681 g/mol. The van der Waals surface area contributed by atoms with E-state index in [0.717, 1.165) is 40.8 Å². The molecule has 0 saturated carbocycles. The van der Waals surface area contributed by atoms with Crippen LogP contribution in [-0.4, -0.2) is 81.8 Å². The number of rotatable bonds is 14. The summed E-state index contributed by atoms with van der Waals surface area (Å²) in [5.74, 6) is 0.869. The van der Waals surface area contributed by atoms with Gasteiger partial charge in [-0.3, -0.25) is 15.6 Å². The van der Waals surface area contributed by atoms with Crippen LogP contribution >= 0.6 is 0 Å². The molecule has 262 valence electrons. The van der Waals surface area contributed by atoms with Gasteiger partial charge < -0.3 is 24.9 Å². The lowest BCUT2D eigenvalue weighted by Gasteiger charge is -2.40. The van der Waals surface area contributed by atoms with E-state index in [1.54, 1.807) is 24.3 Å². The van der Waals surface area contributed by atoms with Crippen molar-refractivity contribution in [1.29, 1.82) is 5.41 Å². The van der Waals surface area contributed by atoms with Crippen LogP contribution < -0.4 is 15.9 Å². The van der Waals surface area contributed by atoms with Crippen LogP contribution in [0.15, 0.2) is 72.8 Å². The van der Waals surface area contributed by atoms with Gasteiger partial charge in [-0.15, -0.1) is 0 Å². The van der Waals surface area contributed by atoms with E-state index in [2.05, 4.69) is 15.4 Å². The lowest BCUT2D eigenvalue weighted by molar-refractivity contribution is -0.132. The Bertz CT molecular complexity index is 1810. The first-order valence-electron chi connectivity index (χ1n) is 17.1. The van der Waals surface area contributed by atoms with Crippen molar-refractivity contribution in [2.24, 2.45) is 5.73 Å². The van der Waals surface area contributed by atoms with Gasteiger partial charge in [-0.1, -0.05) is 54.6 Å². The summed E-state index contributed by atoms with van der Waals surface area (Å²) in [5, 5.41) is 9.51. The highest BCUT2D eigenvalue weighted by molar-refractivity contribution is 6.00. The Labute approximate surface area is 290 Å². The molecule has 0 radical (unpaired) electrons. The first kappa shape index (κ1) is 34.6. The summed E-state index contributed by atoms with van der Waals surface area (Å²) in [4.78, 5) is 48.9. The number of nitrogens with two attached hydrogens (primary N) is 1. The molecule has 6 rings (SSSR count). The number of amidine groups is 1. The fourth-order valence-electron chi connectivity index (χ4n) is 6.59. The van der Waals surface area contributed by atoms with Crippen molar-refractivity contribution in [2.45, 2.75) is 70.1 Å². The number of fused-ring (bicyclic) bond motifs is 1. The van der Waals surface area contributed by atoms with E-state index in [-0.39, 0.29) is 23.8 Å². The number of imide groups is 1. The van der Waals surface area contributed by atoms with Crippen molar-refractivity contribution in [2.75, 3.05) is 19.8 Å². The van der Waals surface area contributed by atoms with Crippen molar-refractivity contribution >= 4 is 35.0 Å². The average molecular weight is 682 g/mol. The zero-order valence-corrected chi connectivity index (χ0v) is 28.1. The number of aromatic amines is 1. The van der Waals surface area contributed by atoms with Gasteiger partial charge in [0.25, 0.3) is 5.91 Å². The molecular weight excluding hydrogens is 638 g/mol. The molecule has 2 aliphatic heterocycles. The van der Waals surface area contributed by atoms with Crippen LogP contribution in [-0.2, 0) is 33.5 Å². The largest absolute Gasteiger partial charge is 0.435 e. The predicted octanol–water partition coefficient (Wildman–Crippen LogP) is 4.88. The summed E-state index contributed by atoms with van der Waals surface area (Å²) >= 11 is 0. The topological polar surface area (TPSA) is 176 Å². The van der Waals surface area contributed by atoms with Crippen molar-refractivity contribution in [3.63, 3.8) is 0 Å². The number of benzene rings is 3. The number of amides is 3. The van der Waals surface area contributed by atoms with Gasteiger partial charge in [0.1, 0.15) is 17.4 Å². The molecule has 13 heteroatoms. The minimum absolute atomic E-state index is 0.00192. The van der Waals surface area contributed by atoms with E-state index in [9.17, 15) is 14.4 Å². The molecule has 2 fully saturated rings. The number of hydrazine groups is 1. The molecule has 1 aromatic heterocycles. The predicted molar refractivity (Wildman–Crippen MR) is 187 cm³/mol. The third-order valence-electron chi connectivity index (χ3n) is 9.16. The SMILES string of the molecule is CCOCCCc1nc2ccc(OC(=O)NN3CCC(N4C(=O)OC(Cc5ccccc5)C4=O)CC3CCc3ccc(C(=N)N)cc3)cc2[nH]1. The molecule has 3 unspecified atom stereocenters. The van der Waals surface area contributed by atoms with Crippen molar-refractivity contribution < 1.29 is 28.6 Å². The van der Waals surface area contributed by atoms with E-state index >= 15 is 0 Å². The number of ether oxygens (including phenoxy) is 3. The number of imidazole rings is 1. The number of nitrogens with zero attached hydrogens (tertiary/aromatic N) is 3. The third-order valence-corrected chi connectivity index (χ3v) is 9.16. The maximum atomic E-state index is 13.5. The molecule has 50 heavy (non-hydrogen) atoms. The molecule has 0 aliphatic carbocycles. The maximum Gasteiger partial charge on any atom is 0.427 e. The summed E-state index contributed by atoms with van der Waals surface area (Å²) in [7, 11) is 0. The van der Waals surface area contributed by atoms with Crippen LogP contribution in [0.5, 0.6) is 5.75 Å². The Morgan fingerprint density at radius 2 is 1.88 bits per heavy atom. The van der Waals surface area contributed by atoms with Crippen LogP contribution in [0.1, 0.15) is 55.1 Å². The number of cyclic esters (lactones) is 1. The van der Waals surface area contributed by atoms with Gasteiger partial charge in [0.05, 0.1) is 11.0 Å². The Morgan fingerprint density at radius 3 is 2.64 bits per heavy atom. The fraction of sp³-hybridized carbons (Fsp3) is 0.378. The summed E-state index contributed by atoms with van der Waals surface area (Å²) in [6.45, 7) is 3.70. The summed E-state index contributed by atoms with van der Waals surface area (Å²) < 4.78 is 16.7. The molecule has 3 atom stereocenters. The molecule has 3 heterocycles. The summed E-state index contributed by atoms with van der Waals surface area (Å²) in [6.07, 6.45) is 1.93. The van der Waals surface area contributed by atoms with Crippen LogP contribution in [0, 0.1) is 5.41 Å². The van der Waals surface area contributed by atoms with Gasteiger partial charge in [-0.2, -0.15) is 0 Å². The van der Waals surface area contributed by atoms with E-state index in [4.69, 9.17) is 25.4 Å². The number of aryl methyl sites for hydroxylation is 2. The quantitative estimate of drug-likeness (QED) is 0.0821. The second-order valence-electron chi connectivity index (χ2n) is 12.6. The normalized spacial score (nSPS) is 19.5. The van der Waals surface area contributed by atoms with Gasteiger partial charge in [-0.25, -0.2) is 24.5 Å². The number of nitrogen functional groups attached to an aromatic ring is 1. The van der Waals surface area contributed by atoms with Crippen molar-refractivity contribution in [1.82, 2.24) is 25.3 Å². The Hall–Kier alpha value is -5.27. The third kappa shape index (κ3) is 8.47. The number of carbonyl (C=O) groups excluding carboxylic acids is 3. The number of H-pyrrole nitrogens is 1. The van der Waals surface area contributed by atoms with Gasteiger partial charge in [0, 0.05) is 56.3 Å². The van der Waals surface area contributed by atoms with Gasteiger partial charge in [0.15, 0.2) is 6.10 Å². The molecular formula is C37H43N7O6. The molecule has 4 aromatic rings. The Kier molecular flexibility index (Phi) is 11.0. The van der Waals surface area contributed by atoms with Crippen LogP contribution in [0.4, 0.5) is 9.59 Å².